The van der Waals surface area contributed by atoms with Crippen LogP contribution in [-0.2, 0) is 9.73 Å². The SMILES string of the molecule is COc1c(Nc2cc(NC(=O)N3CCC3)ncc2C(=O)C2CC2)cccc1-c1cnc(N=S(C)(C)=O)cn1. The number of methoxy groups -OCH3 is 1. The smallest absolute Gasteiger partial charge is 0.323 e. The first kappa shape index (κ1) is 25.6. The van der Waals surface area contributed by atoms with Gasteiger partial charge in [0.1, 0.15) is 5.82 Å². The molecule has 1 saturated carbocycles. The number of likely N-dealkylation sites (tertiary alicyclic amines) is 1. The number of carbonyl (C=O) groups excluding carboxylic acids is 2. The highest BCUT2D eigenvalue weighted by Crippen LogP contribution is 2.40. The average Bonchev–Trinajstić information content (AvgIpc) is 3.68. The second kappa shape index (κ2) is 10.4. The lowest BCUT2D eigenvalue weighted by Crippen LogP contribution is -2.44. The Morgan fingerprint density at radius 3 is 2.47 bits per heavy atom. The summed E-state index contributed by atoms with van der Waals surface area (Å²) in [7, 11) is -0.812. The van der Waals surface area contributed by atoms with Crippen LogP contribution >= 0.6 is 0 Å². The summed E-state index contributed by atoms with van der Waals surface area (Å²) in [4.78, 5) is 40.2. The van der Waals surface area contributed by atoms with Crippen LogP contribution in [0.1, 0.15) is 29.6 Å². The van der Waals surface area contributed by atoms with E-state index in [1.165, 1.54) is 24.9 Å². The summed E-state index contributed by atoms with van der Waals surface area (Å²) < 4.78 is 21.8. The maximum absolute atomic E-state index is 13.0. The monoisotopic (exact) mass is 535 g/mol. The number of nitrogens with one attached hydrogen (secondary N) is 2. The third kappa shape index (κ3) is 5.75. The molecule has 3 aromatic rings. The molecule has 0 spiro atoms. The number of ketones is 1. The van der Waals surface area contributed by atoms with Crippen LogP contribution < -0.4 is 15.4 Å². The maximum atomic E-state index is 13.0. The molecule has 5 rings (SSSR count). The van der Waals surface area contributed by atoms with Gasteiger partial charge in [-0.15, -0.1) is 0 Å². The number of hydrogen-bond acceptors (Lipinski definition) is 9. The fraction of sp³-hybridized carbons (Fsp3) is 0.346. The molecular weight excluding hydrogens is 506 g/mol. The molecule has 2 fully saturated rings. The van der Waals surface area contributed by atoms with Crippen molar-refractivity contribution < 1.29 is 18.5 Å². The number of anilines is 3. The summed E-state index contributed by atoms with van der Waals surface area (Å²) in [6.07, 6.45) is 10.3. The van der Waals surface area contributed by atoms with Crippen molar-refractivity contribution in [2.24, 2.45) is 10.3 Å². The molecular formula is C26H29N7O4S. The van der Waals surface area contributed by atoms with Crippen LogP contribution in [0.25, 0.3) is 11.3 Å². The van der Waals surface area contributed by atoms with Gasteiger partial charge in [0.15, 0.2) is 17.4 Å². The third-order valence-electron chi connectivity index (χ3n) is 6.21. The fourth-order valence-electron chi connectivity index (χ4n) is 4.03. The third-order valence-corrected chi connectivity index (χ3v) is 6.84. The summed E-state index contributed by atoms with van der Waals surface area (Å²) in [5.41, 5.74) is 2.78. The van der Waals surface area contributed by atoms with E-state index in [4.69, 9.17) is 4.74 Å². The minimum absolute atomic E-state index is 0.00718. The van der Waals surface area contributed by atoms with E-state index < -0.39 is 9.73 Å². The highest BCUT2D eigenvalue weighted by Gasteiger charge is 2.32. The van der Waals surface area contributed by atoms with Gasteiger partial charge in [-0.25, -0.2) is 19.0 Å². The summed E-state index contributed by atoms with van der Waals surface area (Å²) in [6.45, 7) is 1.43. The highest BCUT2D eigenvalue weighted by atomic mass is 32.2. The molecule has 11 nitrogen and oxygen atoms in total. The Hall–Kier alpha value is -4.06. The van der Waals surface area contributed by atoms with Crippen molar-refractivity contribution in [1.82, 2.24) is 19.9 Å². The van der Waals surface area contributed by atoms with Crippen LogP contribution in [0.4, 0.5) is 27.8 Å². The van der Waals surface area contributed by atoms with E-state index >= 15 is 0 Å². The van der Waals surface area contributed by atoms with Gasteiger partial charge in [0.2, 0.25) is 0 Å². The van der Waals surface area contributed by atoms with Gasteiger partial charge in [-0.3, -0.25) is 15.1 Å². The summed E-state index contributed by atoms with van der Waals surface area (Å²) in [6, 6.07) is 6.96. The predicted molar refractivity (Wildman–Crippen MR) is 146 cm³/mol. The molecule has 2 aliphatic rings. The molecule has 0 radical (unpaired) electrons. The zero-order valence-corrected chi connectivity index (χ0v) is 22.2. The minimum atomic E-state index is -2.36. The van der Waals surface area contributed by atoms with Gasteiger partial charge >= 0.3 is 6.03 Å². The molecule has 2 N–H and O–H groups in total. The summed E-state index contributed by atoms with van der Waals surface area (Å²) in [5, 5.41) is 6.14. The van der Waals surface area contributed by atoms with Gasteiger partial charge in [0, 0.05) is 59.1 Å². The van der Waals surface area contributed by atoms with Crippen molar-refractivity contribution in [3.8, 4) is 17.0 Å². The first-order chi connectivity index (χ1) is 18.2. The number of nitrogens with zero attached hydrogens (tertiary/aromatic N) is 5. The van der Waals surface area contributed by atoms with Crippen LogP contribution in [0.3, 0.4) is 0 Å². The number of carbonyl (C=O) groups is 2. The number of amides is 2. The topological polar surface area (TPSA) is 139 Å². The maximum Gasteiger partial charge on any atom is 0.323 e. The molecule has 198 valence electrons. The summed E-state index contributed by atoms with van der Waals surface area (Å²) >= 11 is 0. The number of para-hydroxylation sites is 1. The number of pyridine rings is 1. The van der Waals surface area contributed by atoms with E-state index in [1.807, 2.05) is 18.2 Å². The Kier molecular flexibility index (Phi) is 6.98. The first-order valence-corrected chi connectivity index (χ1v) is 14.6. The molecule has 12 heteroatoms. The molecule has 0 bridgehead atoms. The Morgan fingerprint density at radius 2 is 1.87 bits per heavy atom. The normalized spacial score (nSPS) is 14.9. The molecule has 2 amide bonds. The molecule has 1 aromatic carbocycles. The van der Waals surface area contributed by atoms with Gasteiger partial charge in [-0.1, -0.05) is 6.07 Å². The highest BCUT2D eigenvalue weighted by molar-refractivity contribution is 7.92. The Morgan fingerprint density at radius 1 is 1.08 bits per heavy atom. The van der Waals surface area contributed by atoms with Crippen molar-refractivity contribution in [3.05, 3.63) is 48.4 Å². The number of ether oxygens (including phenoxy) is 1. The fourth-order valence-corrected chi connectivity index (χ4v) is 4.58. The lowest BCUT2D eigenvalue weighted by molar-refractivity contribution is 0.0968. The standard InChI is InChI=1S/C26H29N7O4S/c1-37-25-17(21-14-29-23(15-27-21)32-38(2,3)36)6-4-7-19(25)30-20-12-22(31-26(35)33-10-5-11-33)28-13-18(20)24(34)16-8-9-16/h4,6-7,12-16H,5,8-11H2,1-3H3,(H2,28,30,31,35). The van der Waals surface area contributed by atoms with E-state index in [-0.39, 0.29) is 23.6 Å². The zero-order chi connectivity index (χ0) is 26.9. The number of Topliss-reactive ketones (excluding diaryl/α,β-unsaturated/α-hetero) is 1. The van der Waals surface area contributed by atoms with Crippen LogP contribution in [-0.4, -0.2) is 68.6 Å². The number of benzene rings is 1. The van der Waals surface area contributed by atoms with Crippen LogP contribution in [0, 0.1) is 5.92 Å². The molecule has 3 heterocycles. The van der Waals surface area contributed by atoms with E-state index in [0.717, 1.165) is 19.3 Å². The van der Waals surface area contributed by atoms with Crippen molar-refractivity contribution in [2.75, 3.05) is 43.3 Å². The van der Waals surface area contributed by atoms with Gasteiger partial charge in [0.25, 0.3) is 0 Å². The van der Waals surface area contributed by atoms with E-state index in [1.54, 1.807) is 24.3 Å². The molecule has 0 unspecified atom stereocenters. The molecule has 0 atom stereocenters. The largest absolute Gasteiger partial charge is 0.494 e. The molecule has 2 aromatic heterocycles. The van der Waals surface area contributed by atoms with Crippen molar-refractivity contribution in [3.63, 3.8) is 0 Å². The second-order valence-corrected chi connectivity index (χ2v) is 12.1. The quantitative estimate of drug-likeness (QED) is 0.403. The van der Waals surface area contributed by atoms with Gasteiger partial charge in [0.05, 0.1) is 42.1 Å². The Bertz CT molecular complexity index is 1500. The average molecular weight is 536 g/mol. The molecule has 1 saturated heterocycles. The van der Waals surface area contributed by atoms with E-state index in [9.17, 15) is 13.8 Å². The van der Waals surface area contributed by atoms with Gasteiger partial charge in [-0.05, 0) is 31.4 Å². The predicted octanol–water partition coefficient (Wildman–Crippen LogP) is 4.48. The molecule has 38 heavy (non-hydrogen) atoms. The van der Waals surface area contributed by atoms with Crippen LogP contribution in [0.2, 0.25) is 0 Å². The number of hydrogen-bond donors (Lipinski definition) is 2. The second-order valence-electron chi connectivity index (χ2n) is 9.57. The van der Waals surface area contributed by atoms with Crippen LogP contribution in [0.15, 0.2) is 47.2 Å². The number of urea groups is 1. The summed E-state index contributed by atoms with van der Waals surface area (Å²) in [5.74, 6) is 1.14. The number of rotatable bonds is 8. The minimum Gasteiger partial charge on any atom is -0.494 e. The van der Waals surface area contributed by atoms with Crippen molar-refractivity contribution >= 4 is 44.6 Å². The van der Waals surface area contributed by atoms with Crippen molar-refractivity contribution in [1.29, 1.82) is 0 Å². The van der Waals surface area contributed by atoms with Crippen molar-refractivity contribution in [2.45, 2.75) is 19.3 Å². The molecule has 1 aliphatic carbocycles. The zero-order valence-electron chi connectivity index (χ0n) is 21.4. The lowest BCUT2D eigenvalue weighted by atomic mass is 10.1. The number of aromatic nitrogens is 3. The van der Waals surface area contributed by atoms with E-state index in [0.29, 0.717) is 52.9 Å². The Labute approximate surface area is 221 Å². The lowest BCUT2D eigenvalue weighted by Gasteiger charge is -2.30. The van der Waals surface area contributed by atoms with E-state index in [2.05, 4.69) is 29.9 Å². The van der Waals surface area contributed by atoms with Gasteiger partial charge in [-0.2, -0.15) is 4.36 Å². The van der Waals surface area contributed by atoms with Gasteiger partial charge < -0.3 is 15.0 Å². The first-order valence-electron chi connectivity index (χ1n) is 12.3. The van der Waals surface area contributed by atoms with Crippen LogP contribution in [0.5, 0.6) is 5.75 Å². The Balaban J connectivity index is 1.48. The molecule has 1 aliphatic heterocycles.